The van der Waals surface area contributed by atoms with Gasteiger partial charge >= 0.3 is 17.8 Å². The van der Waals surface area contributed by atoms with Crippen molar-refractivity contribution in [3.8, 4) is 0 Å². The molecule has 1 aliphatic rings. The minimum Gasteiger partial charge on any atom is -0.481 e. The van der Waals surface area contributed by atoms with Crippen molar-refractivity contribution in [2.24, 2.45) is 5.92 Å². The van der Waals surface area contributed by atoms with Crippen molar-refractivity contribution >= 4 is 35.0 Å². The van der Waals surface area contributed by atoms with Gasteiger partial charge in [-0.1, -0.05) is 42.5 Å². The number of benzene rings is 2. The van der Waals surface area contributed by atoms with E-state index < -0.39 is 23.8 Å². The van der Waals surface area contributed by atoms with Gasteiger partial charge in [0.05, 0.1) is 12.5 Å². The molecule has 12 nitrogen and oxygen atoms in total. The van der Waals surface area contributed by atoms with E-state index in [1.807, 2.05) is 61.5 Å². The lowest BCUT2D eigenvalue weighted by Crippen LogP contribution is -2.43. The van der Waals surface area contributed by atoms with Gasteiger partial charge < -0.3 is 29.8 Å². The number of carboxylic acid groups (broad SMARTS) is 1. The largest absolute Gasteiger partial charge is 0.481 e. The van der Waals surface area contributed by atoms with Crippen LogP contribution in [0.1, 0.15) is 30.4 Å². The molecule has 4 aromatic rings. The Kier molecular flexibility index (Phi) is 9.00. The number of para-hydroxylation sites is 2. The normalized spacial score (nSPS) is 14.5. The van der Waals surface area contributed by atoms with E-state index >= 15 is 0 Å². The third-order valence-electron chi connectivity index (χ3n) is 7.27. The third-order valence-corrected chi connectivity index (χ3v) is 7.27. The summed E-state index contributed by atoms with van der Waals surface area (Å²) in [6.45, 7) is 4.09. The number of carboxylic acids is 1. The van der Waals surface area contributed by atoms with Crippen LogP contribution in [0.15, 0.2) is 70.0 Å². The Bertz CT molecular complexity index is 1550. The summed E-state index contributed by atoms with van der Waals surface area (Å²) in [4.78, 5) is 47.7. The predicted octanol–water partition coefficient (Wildman–Crippen LogP) is 3.79. The van der Waals surface area contributed by atoms with Crippen LogP contribution in [0.4, 0.5) is 16.6 Å². The topological polar surface area (TPSA) is 152 Å². The van der Waals surface area contributed by atoms with E-state index in [2.05, 4.69) is 25.5 Å². The molecule has 1 aliphatic heterocycles. The second-order valence-corrected chi connectivity index (χ2v) is 10.5. The number of anilines is 2. The highest BCUT2D eigenvalue weighted by Gasteiger charge is 2.24. The number of fused-ring (bicyclic) bond motifs is 1. The van der Waals surface area contributed by atoms with Crippen molar-refractivity contribution in [2.75, 3.05) is 29.9 Å². The summed E-state index contributed by atoms with van der Waals surface area (Å²) in [7, 11) is 0. The molecule has 0 unspecified atom stereocenters. The highest BCUT2D eigenvalue weighted by molar-refractivity contribution is 5.74. The van der Waals surface area contributed by atoms with Gasteiger partial charge in [0.2, 0.25) is 0 Å². The number of aliphatic carboxylic acids is 1. The van der Waals surface area contributed by atoms with Crippen molar-refractivity contribution in [3.05, 3.63) is 82.4 Å². The Balaban J connectivity index is 1.15. The van der Waals surface area contributed by atoms with Gasteiger partial charge in [-0.3, -0.25) is 9.36 Å². The van der Waals surface area contributed by atoms with Crippen molar-refractivity contribution < 1.29 is 23.8 Å². The van der Waals surface area contributed by atoms with Crippen LogP contribution >= 0.6 is 0 Å². The van der Waals surface area contributed by atoms with Crippen LogP contribution in [0.3, 0.4) is 0 Å². The van der Waals surface area contributed by atoms with Crippen LogP contribution in [0, 0.1) is 12.8 Å². The van der Waals surface area contributed by atoms with E-state index in [4.69, 9.17) is 9.15 Å². The summed E-state index contributed by atoms with van der Waals surface area (Å²) in [6, 6.07) is 16.4. The molecule has 2 aromatic heterocycles. The summed E-state index contributed by atoms with van der Waals surface area (Å²) in [6.07, 6.45) is 2.35. The number of ether oxygens (including phenoxy) is 1. The summed E-state index contributed by atoms with van der Waals surface area (Å²) < 4.78 is 12.3. The fourth-order valence-corrected chi connectivity index (χ4v) is 5.11. The Morgan fingerprint density at radius 2 is 1.83 bits per heavy atom. The van der Waals surface area contributed by atoms with Crippen molar-refractivity contribution in [3.63, 3.8) is 0 Å². The van der Waals surface area contributed by atoms with Gasteiger partial charge in [-0.2, -0.15) is 9.97 Å². The van der Waals surface area contributed by atoms with E-state index in [1.54, 1.807) is 6.20 Å². The fraction of sp³-hybridized carbons (Fsp3) is 0.367. The lowest BCUT2D eigenvalue weighted by atomic mass is 9.96. The second-order valence-electron chi connectivity index (χ2n) is 10.5. The molecular weight excluding hydrogens is 540 g/mol. The molecular formula is C30H34N6O6. The first kappa shape index (κ1) is 28.7. The Morgan fingerprint density at radius 1 is 1.10 bits per heavy atom. The number of carbonyl (C=O) groups excluding carboxylic acids is 1. The van der Waals surface area contributed by atoms with E-state index in [0.717, 1.165) is 54.7 Å². The molecule has 220 valence electrons. The van der Waals surface area contributed by atoms with Crippen LogP contribution in [0.25, 0.3) is 11.1 Å². The highest BCUT2D eigenvalue weighted by atomic mass is 16.5. The molecule has 5 rings (SSSR count). The minimum absolute atomic E-state index is 0.0469. The first-order chi connectivity index (χ1) is 20.3. The third kappa shape index (κ3) is 7.45. The number of carbonyl (C=O) groups is 2. The van der Waals surface area contributed by atoms with Gasteiger partial charge in [0.1, 0.15) is 17.9 Å². The van der Waals surface area contributed by atoms with Crippen LogP contribution in [0.2, 0.25) is 0 Å². The molecule has 1 fully saturated rings. The standard InChI is InChI=1S/C30H34N6O6/c1-20-17-36(18-23(15-26(37)38)32-30(40)41-19-22-7-3-2-4-8-22)29(39)34-27(20)35-13-11-21(12-14-35)16-31-28-33-24-9-5-6-10-25(24)42-28/h2-10,17,21,23H,11-16,18-19H2,1H3,(H,31,33)(H,32,40)(H,37,38)/t23-/m1/s1. The minimum atomic E-state index is -1.11. The molecule has 42 heavy (non-hydrogen) atoms. The number of nitrogens with zero attached hydrogens (tertiary/aromatic N) is 4. The summed E-state index contributed by atoms with van der Waals surface area (Å²) in [5.41, 5.74) is 2.65. The molecule has 0 aliphatic carbocycles. The highest BCUT2D eigenvalue weighted by Crippen LogP contribution is 2.25. The van der Waals surface area contributed by atoms with Crippen LogP contribution in [-0.4, -0.2) is 57.4 Å². The maximum Gasteiger partial charge on any atom is 0.407 e. The maximum atomic E-state index is 13.0. The van der Waals surface area contributed by atoms with E-state index in [9.17, 15) is 19.5 Å². The molecule has 1 amide bonds. The molecule has 0 spiro atoms. The van der Waals surface area contributed by atoms with Crippen LogP contribution in [-0.2, 0) is 22.7 Å². The lowest BCUT2D eigenvalue weighted by molar-refractivity contribution is -0.137. The number of oxazole rings is 1. The summed E-state index contributed by atoms with van der Waals surface area (Å²) in [5.74, 6) is -0.0702. The Morgan fingerprint density at radius 3 is 2.57 bits per heavy atom. The predicted molar refractivity (Wildman–Crippen MR) is 156 cm³/mol. The molecule has 0 radical (unpaired) electrons. The zero-order valence-electron chi connectivity index (χ0n) is 23.4. The number of piperidine rings is 1. The zero-order valence-corrected chi connectivity index (χ0v) is 23.4. The van der Waals surface area contributed by atoms with Gasteiger partial charge in [0.15, 0.2) is 5.58 Å². The molecule has 3 heterocycles. The Hall–Kier alpha value is -4.87. The number of aryl methyl sites for hydroxylation is 1. The SMILES string of the molecule is Cc1cn(C[C@@H](CC(=O)O)NC(=O)OCc2ccccc2)c(=O)nc1N1CCC(CNc2nc3ccccc3o2)CC1. The maximum absolute atomic E-state index is 13.0. The van der Waals surface area contributed by atoms with E-state index in [0.29, 0.717) is 17.8 Å². The number of rotatable bonds is 11. The van der Waals surface area contributed by atoms with E-state index in [-0.39, 0.29) is 19.6 Å². The van der Waals surface area contributed by atoms with Crippen molar-refractivity contribution in [1.29, 1.82) is 0 Å². The first-order valence-corrected chi connectivity index (χ1v) is 14.0. The van der Waals surface area contributed by atoms with Crippen molar-refractivity contribution in [2.45, 2.75) is 45.4 Å². The number of hydrogen-bond donors (Lipinski definition) is 3. The van der Waals surface area contributed by atoms with Crippen molar-refractivity contribution in [1.82, 2.24) is 19.9 Å². The van der Waals surface area contributed by atoms with Gasteiger partial charge in [0.25, 0.3) is 6.01 Å². The molecule has 1 saturated heterocycles. The summed E-state index contributed by atoms with van der Waals surface area (Å²) >= 11 is 0. The first-order valence-electron chi connectivity index (χ1n) is 14.0. The Labute approximate surface area is 242 Å². The number of aromatic nitrogens is 3. The number of alkyl carbamates (subject to hydrolysis) is 1. The van der Waals surface area contributed by atoms with E-state index in [1.165, 1.54) is 4.57 Å². The number of hydrogen-bond acceptors (Lipinski definition) is 9. The van der Waals surface area contributed by atoms with Crippen LogP contribution in [0.5, 0.6) is 0 Å². The molecule has 1 atom stereocenters. The molecule has 0 saturated carbocycles. The number of nitrogens with one attached hydrogen (secondary N) is 2. The smallest absolute Gasteiger partial charge is 0.407 e. The van der Waals surface area contributed by atoms with Gasteiger partial charge in [-0.05, 0) is 43.4 Å². The molecule has 3 N–H and O–H groups in total. The summed E-state index contributed by atoms with van der Waals surface area (Å²) in [5, 5.41) is 15.2. The number of amides is 1. The van der Waals surface area contributed by atoms with Gasteiger partial charge in [0, 0.05) is 37.9 Å². The zero-order chi connectivity index (χ0) is 29.5. The lowest BCUT2D eigenvalue weighted by Gasteiger charge is -2.33. The molecule has 12 heteroatoms. The average molecular weight is 575 g/mol. The monoisotopic (exact) mass is 574 g/mol. The fourth-order valence-electron chi connectivity index (χ4n) is 5.11. The van der Waals surface area contributed by atoms with Gasteiger partial charge in [-0.15, -0.1) is 0 Å². The van der Waals surface area contributed by atoms with Gasteiger partial charge in [-0.25, -0.2) is 9.59 Å². The quantitative estimate of drug-likeness (QED) is 0.241. The average Bonchev–Trinajstić information content (AvgIpc) is 3.40. The van der Waals surface area contributed by atoms with Crippen LogP contribution < -0.4 is 21.2 Å². The molecule has 0 bridgehead atoms. The second kappa shape index (κ2) is 13.2. The molecule has 2 aromatic carbocycles.